The minimum atomic E-state index is 0.245. The van der Waals surface area contributed by atoms with E-state index >= 15 is 0 Å². The molecule has 28 heavy (non-hydrogen) atoms. The Labute approximate surface area is 167 Å². The number of aromatic nitrogens is 4. The van der Waals surface area contributed by atoms with Crippen molar-refractivity contribution in [3.8, 4) is 0 Å². The van der Waals surface area contributed by atoms with E-state index in [0.717, 1.165) is 56.5 Å². The smallest absolute Gasteiger partial charge is 0.254 e. The zero-order valence-corrected chi connectivity index (χ0v) is 17.2. The Morgan fingerprint density at radius 1 is 1.14 bits per heavy atom. The summed E-state index contributed by atoms with van der Waals surface area (Å²) in [5, 5.41) is 4.31. The highest BCUT2D eigenvalue weighted by Gasteiger charge is 2.31. The summed E-state index contributed by atoms with van der Waals surface area (Å²) in [6.45, 7) is 7.47. The van der Waals surface area contributed by atoms with Gasteiger partial charge in [0, 0.05) is 43.9 Å². The third-order valence-electron chi connectivity index (χ3n) is 6.44. The fourth-order valence-corrected chi connectivity index (χ4v) is 4.74. The van der Waals surface area contributed by atoms with Crippen LogP contribution in [-0.2, 0) is 4.79 Å². The average Bonchev–Trinajstić information content (AvgIpc) is 3.20. The maximum absolute atomic E-state index is 13.0. The lowest BCUT2D eigenvalue weighted by molar-refractivity contribution is -0.137. The van der Waals surface area contributed by atoms with Crippen LogP contribution in [-0.4, -0.2) is 56.6 Å². The van der Waals surface area contributed by atoms with Crippen LogP contribution in [0.2, 0.25) is 0 Å². The Balaban J connectivity index is 1.33. The zero-order valence-electron chi connectivity index (χ0n) is 17.2. The van der Waals surface area contributed by atoms with Crippen molar-refractivity contribution in [1.82, 2.24) is 24.5 Å². The number of piperazine rings is 1. The van der Waals surface area contributed by atoms with Gasteiger partial charge < -0.3 is 9.80 Å². The number of anilines is 1. The third kappa shape index (κ3) is 3.98. The first-order chi connectivity index (χ1) is 13.7. The van der Waals surface area contributed by atoms with Crippen molar-refractivity contribution in [2.45, 2.75) is 58.8 Å². The fraction of sp³-hybridized carbons (Fsp3) is 0.714. The van der Waals surface area contributed by atoms with Crippen molar-refractivity contribution in [1.29, 1.82) is 0 Å². The highest BCUT2D eigenvalue weighted by atomic mass is 16.2. The van der Waals surface area contributed by atoms with Crippen LogP contribution in [0, 0.1) is 18.8 Å². The van der Waals surface area contributed by atoms with E-state index < -0.39 is 0 Å². The summed E-state index contributed by atoms with van der Waals surface area (Å²) in [6.07, 6.45) is 10.1. The summed E-state index contributed by atoms with van der Waals surface area (Å²) in [6, 6.07) is 2.05. The summed E-state index contributed by atoms with van der Waals surface area (Å²) in [4.78, 5) is 26.0. The lowest BCUT2D eigenvalue weighted by Gasteiger charge is -2.38. The van der Waals surface area contributed by atoms with E-state index in [-0.39, 0.29) is 5.92 Å². The van der Waals surface area contributed by atoms with Crippen LogP contribution in [0.15, 0.2) is 12.4 Å². The van der Waals surface area contributed by atoms with E-state index in [2.05, 4.69) is 37.9 Å². The molecule has 2 aromatic heterocycles. The first kappa shape index (κ1) is 19.2. The average molecular weight is 385 g/mol. The van der Waals surface area contributed by atoms with E-state index in [9.17, 15) is 4.79 Å². The third-order valence-corrected chi connectivity index (χ3v) is 6.44. The van der Waals surface area contributed by atoms with Crippen molar-refractivity contribution in [2.24, 2.45) is 11.8 Å². The van der Waals surface area contributed by atoms with Gasteiger partial charge >= 0.3 is 0 Å². The van der Waals surface area contributed by atoms with E-state index in [1.807, 2.05) is 6.92 Å². The summed E-state index contributed by atoms with van der Waals surface area (Å²) in [5.74, 6) is 3.12. The van der Waals surface area contributed by atoms with Crippen LogP contribution in [0.5, 0.6) is 0 Å². The van der Waals surface area contributed by atoms with Gasteiger partial charge in [0.05, 0.1) is 0 Å². The fourth-order valence-electron chi connectivity index (χ4n) is 4.74. The molecule has 2 aliphatic rings. The highest BCUT2D eigenvalue weighted by Crippen LogP contribution is 2.33. The molecular weight excluding hydrogens is 352 g/mol. The maximum atomic E-state index is 13.0. The molecule has 0 radical (unpaired) electrons. The standard InChI is InChI=1S/C21H32N6O/c1-3-4-5-17-6-8-18(9-7-17)20(28)26-12-10-25(11-13-26)19-14-16(2)24-21-22-15-23-27(19)21/h14-15,17-18H,3-13H2,1-2H3. The van der Waals surface area contributed by atoms with E-state index in [0.29, 0.717) is 11.7 Å². The molecule has 0 N–H and O–H groups in total. The first-order valence-corrected chi connectivity index (χ1v) is 10.9. The lowest BCUT2D eigenvalue weighted by Crippen LogP contribution is -2.51. The quantitative estimate of drug-likeness (QED) is 0.792. The zero-order chi connectivity index (χ0) is 19.5. The molecule has 0 atom stereocenters. The van der Waals surface area contributed by atoms with Crippen molar-refractivity contribution >= 4 is 17.5 Å². The minimum absolute atomic E-state index is 0.245. The number of hydrogen-bond acceptors (Lipinski definition) is 5. The molecule has 0 bridgehead atoms. The van der Waals surface area contributed by atoms with E-state index in [1.54, 1.807) is 10.8 Å². The topological polar surface area (TPSA) is 66.6 Å². The number of unbranched alkanes of at least 4 members (excludes halogenated alkanes) is 1. The molecule has 0 aromatic carbocycles. The van der Waals surface area contributed by atoms with Crippen LogP contribution in [0.3, 0.4) is 0 Å². The number of amides is 1. The molecule has 1 amide bonds. The van der Waals surface area contributed by atoms with E-state index in [4.69, 9.17) is 0 Å². The predicted octanol–water partition coefficient (Wildman–Crippen LogP) is 3.08. The molecule has 1 aliphatic carbocycles. The molecule has 0 spiro atoms. The molecule has 3 heterocycles. The van der Waals surface area contributed by atoms with Crippen LogP contribution in [0.1, 0.15) is 57.6 Å². The Kier molecular flexibility index (Phi) is 5.78. The van der Waals surface area contributed by atoms with Gasteiger partial charge in [-0.15, -0.1) is 0 Å². The highest BCUT2D eigenvalue weighted by molar-refractivity contribution is 5.79. The predicted molar refractivity (Wildman–Crippen MR) is 109 cm³/mol. The summed E-state index contributed by atoms with van der Waals surface area (Å²) < 4.78 is 1.79. The van der Waals surface area contributed by atoms with Crippen molar-refractivity contribution in [3.63, 3.8) is 0 Å². The molecule has 152 valence electrons. The number of hydrogen-bond donors (Lipinski definition) is 0. The van der Waals surface area contributed by atoms with Gasteiger partial charge in [0.2, 0.25) is 5.91 Å². The second-order valence-corrected chi connectivity index (χ2v) is 8.40. The number of rotatable bonds is 5. The second-order valence-electron chi connectivity index (χ2n) is 8.40. The Morgan fingerprint density at radius 3 is 2.61 bits per heavy atom. The maximum Gasteiger partial charge on any atom is 0.254 e. The van der Waals surface area contributed by atoms with Gasteiger partial charge in [0.15, 0.2) is 0 Å². The van der Waals surface area contributed by atoms with Crippen LogP contribution in [0.4, 0.5) is 5.82 Å². The number of carbonyl (C=O) groups is 1. The second kappa shape index (κ2) is 8.45. The first-order valence-electron chi connectivity index (χ1n) is 10.9. The van der Waals surface area contributed by atoms with Gasteiger partial charge in [-0.3, -0.25) is 4.79 Å². The summed E-state index contributed by atoms with van der Waals surface area (Å²) in [5.41, 5.74) is 0.939. The number of aryl methyl sites for hydroxylation is 1. The monoisotopic (exact) mass is 384 g/mol. The van der Waals surface area contributed by atoms with Crippen LogP contribution < -0.4 is 4.90 Å². The van der Waals surface area contributed by atoms with Gasteiger partial charge in [-0.2, -0.15) is 14.6 Å². The largest absolute Gasteiger partial charge is 0.353 e. The molecule has 1 aliphatic heterocycles. The van der Waals surface area contributed by atoms with Crippen LogP contribution in [0.25, 0.3) is 5.78 Å². The summed E-state index contributed by atoms with van der Waals surface area (Å²) >= 11 is 0. The van der Waals surface area contributed by atoms with Gasteiger partial charge in [-0.25, -0.2) is 4.98 Å². The Morgan fingerprint density at radius 2 is 1.89 bits per heavy atom. The van der Waals surface area contributed by atoms with Crippen molar-refractivity contribution < 1.29 is 4.79 Å². The molecule has 2 aromatic rings. The van der Waals surface area contributed by atoms with Crippen molar-refractivity contribution in [3.05, 3.63) is 18.1 Å². The molecule has 4 rings (SSSR count). The van der Waals surface area contributed by atoms with Gasteiger partial charge in [-0.1, -0.05) is 26.2 Å². The Bertz CT molecular complexity index is 802. The van der Waals surface area contributed by atoms with Crippen molar-refractivity contribution in [2.75, 3.05) is 31.1 Å². The van der Waals surface area contributed by atoms with Gasteiger partial charge in [-0.05, 0) is 38.5 Å². The SMILES string of the molecule is CCCCC1CCC(C(=O)N2CCN(c3cc(C)nc4ncnn34)CC2)CC1. The molecule has 2 fully saturated rings. The van der Waals surface area contributed by atoms with Gasteiger partial charge in [0.25, 0.3) is 5.78 Å². The number of carbonyl (C=O) groups excluding carboxylic acids is 1. The van der Waals surface area contributed by atoms with Crippen LogP contribution >= 0.6 is 0 Å². The number of nitrogens with zero attached hydrogens (tertiary/aromatic N) is 6. The molecule has 7 heteroatoms. The molecular formula is C21H32N6O. The Hall–Kier alpha value is -2.18. The minimum Gasteiger partial charge on any atom is -0.353 e. The lowest BCUT2D eigenvalue weighted by atomic mass is 9.79. The van der Waals surface area contributed by atoms with Gasteiger partial charge in [0.1, 0.15) is 12.1 Å². The van der Waals surface area contributed by atoms with E-state index in [1.165, 1.54) is 32.1 Å². The normalized spacial score (nSPS) is 23.4. The molecule has 7 nitrogen and oxygen atoms in total. The molecule has 1 saturated carbocycles. The number of fused-ring (bicyclic) bond motifs is 1. The molecule has 0 unspecified atom stereocenters. The summed E-state index contributed by atoms with van der Waals surface area (Å²) in [7, 11) is 0. The molecule has 1 saturated heterocycles.